The summed E-state index contributed by atoms with van der Waals surface area (Å²) in [4.78, 5) is 17.7. The maximum Gasteiger partial charge on any atom is 0.260 e. The number of rotatable bonds is 3. The Morgan fingerprint density at radius 2 is 2.22 bits per heavy atom. The Bertz CT molecular complexity index is 632. The number of carbonyl (C=O) groups is 1. The van der Waals surface area contributed by atoms with Gasteiger partial charge in [0.15, 0.2) is 11.5 Å². The molecule has 2 aliphatic heterocycles. The fraction of sp³-hybridized carbons (Fsp3) is 0.625. The molecule has 0 unspecified atom stereocenters. The van der Waals surface area contributed by atoms with Crippen LogP contribution in [0.4, 0.5) is 8.78 Å². The van der Waals surface area contributed by atoms with Crippen LogP contribution in [0.15, 0.2) is 18.3 Å². The minimum atomic E-state index is -1.61. The molecule has 3 heterocycles. The second kappa shape index (κ2) is 5.33. The average molecular weight is 340 g/mol. The van der Waals surface area contributed by atoms with Gasteiger partial charge in [-0.25, -0.2) is 13.8 Å². The number of nitrogens with zero attached hydrogens (tertiary/aromatic N) is 2. The normalized spacial score (nSPS) is 27.4. The van der Waals surface area contributed by atoms with Crippen molar-refractivity contribution in [2.75, 3.05) is 18.8 Å². The summed E-state index contributed by atoms with van der Waals surface area (Å²) in [7, 11) is 0. The van der Waals surface area contributed by atoms with Gasteiger partial charge in [0.25, 0.3) is 11.8 Å². The second-order valence-corrected chi connectivity index (χ2v) is 8.20. The van der Waals surface area contributed by atoms with Crippen LogP contribution < -0.4 is 4.74 Å². The van der Waals surface area contributed by atoms with Gasteiger partial charge in [0.05, 0.1) is 4.75 Å². The zero-order chi connectivity index (χ0) is 16.1. The molecule has 0 N–H and O–H groups in total. The molecule has 0 bridgehead atoms. The molecule has 0 radical (unpaired) electrons. The quantitative estimate of drug-likeness (QED) is 0.848. The van der Waals surface area contributed by atoms with Gasteiger partial charge < -0.3 is 9.64 Å². The van der Waals surface area contributed by atoms with E-state index >= 15 is 0 Å². The van der Waals surface area contributed by atoms with Crippen LogP contribution >= 0.6 is 11.8 Å². The molecule has 4 rings (SSSR count). The van der Waals surface area contributed by atoms with Crippen LogP contribution in [0.25, 0.3) is 0 Å². The Kier molecular flexibility index (Phi) is 3.51. The monoisotopic (exact) mass is 340 g/mol. The third-order valence-corrected chi connectivity index (χ3v) is 6.53. The molecule has 1 spiro atoms. The van der Waals surface area contributed by atoms with Crippen LogP contribution in [0.5, 0.6) is 5.88 Å². The third-order valence-electron chi connectivity index (χ3n) is 4.95. The minimum absolute atomic E-state index is 0.0274. The van der Waals surface area contributed by atoms with E-state index in [-0.39, 0.29) is 22.6 Å². The van der Waals surface area contributed by atoms with Crippen molar-refractivity contribution in [3.8, 4) is 5.88 Å². The van der Waals surface area contributed by atoms with Crippen LogP contribution in [0.3, 0.4) is 0 Å². The zero-order valence-electron chi connectivity index (χ0n) is 12.6. The average Bonchev–Trinajstić information content (AvgIpc) is 2.89. The van der Waals surface area contributed by atoms with Gasteiger partial charge in [-0.3, -0.25) is 4.79 Å². The standard InChI is InChI=1S/C16H18F2N2O2S/c17-12-3-1-6-19-13(12)22-11-7-15(23-8-11)9-20(10-15)14(21)16(18)4-2-5-16/h1,3,6,11H,2,4-5,7-10H2/t11-/m1/s1. The Hall–Kier alpha value is -1.37. The zero-order valence-corrected chi connectivity index (χ0v) is 13.5. The molecule has 1 aromatic heterocycles. The lowest BCUT2D eigenvalue weighted by atomic mass is 9.79. The first-order chi connectivity index (χ1) is 11.0. The van der Waals surface area contributed by atoms with Crippen molar-refractivity contribution in [2.24, 2.45) is 0 Å². The summed E-state index contributed by atoms with van der Waals surface area (Å²) in [5, 5.41) is 0. The second-order valence-electron chi connectivity index (χ2n) is 6.71. The van der Waals surface area contributed by atoms with Gasteiger partial charge in [0.2, 0.25) is 0 Å². The first-order valence-corrected chi connectivity index (χ1v) is 8.88. The Balaban J connectivity index is 1.33. The van der Waals surface area contributed by atoms with Gasteiger partial charge in [-0.1, -0.05) is 0 Å². The number of halogens is 2. The topological polar surface area (TPSA) is 42.4 Å². The molecule has 0 aromatic carbocycles. The highest BCUT2D eigenvalue weighted by molar-refractivity contribution is 8.01. The highest BCUT2D eigenvalue weighted by Gasteiger charge is 2.56. The lowest BCUT2D eigenvalue weighted by molar-refractivity contribution is -0.155. The highest BCUT2D eigenvalue weighted by atomic mass is 32.2. The number of hydrogen-bond donors (Lipinski definition) is 0. The SMILES string of the molecule is O=C(N1CC2(C[C@@H](Oc3ncccc3F)CS2)C1)C1(F)CCC1. The van der Waals surface area contributed by atoms with Crippen molar-refractivity contribution in [3.05, 3.63) is 24.1 Å². The number of thioether (sulfide) groups is 1. The Morgan fingerprint density at radius 1 is 1.43 bits per heavy atom. The molecule has 3 aliphatic rings. The van der Waals surface area contributed by atoms with Crippen molar-refractivity contribution < 1.29 is 18.3 Å². The number of carbonyl (C=O) groups excluding carboxylic acids is 1. The van der Waals surface area contributed by atoms with E-state index in [0.717, 1.165) is 18.6 Å². The van der Waals surface area contributed by atoms with Crippen molar-refractivity contribution in [1.82, 2.24) is 9.88 Å². The highest BCUT2D eigenvalue weighted by Crippen LogP contribution is 2.48. The van der Waals surface area contributed by atoms with Gasteiger partial charge in [-0.2, -0.15) is 0 Å². The molecular weight excluding hydrogens is 322 g/mol. The summed E-state index contributed by atoms with van der Waals surface area (Å²) in [6.45, 7) is 1.12. The van der Waals surface area contributed by atoms with Crippen LogP contribution in [-0.4, -0.2) is 51.2 Å². The van der Waals surface area contributed by atoms with E-state index in [1.807, 2.05) is 0 Å². The number of likely N-dealkylation sites (tertiary alicyclic amines) is 1. The summed E-state index contributed by atoms with van der Waals surface area (Å²) in [5.74, 6) is -0.0540. The van der Waals surface area contributed by atoms with Crippen molar-refractivity contribution in [1.29, 1.82) is 0 Å². The first-order valence-electron chi connectivity index (χ1n) is 7.89. The van der Waals surface area contributed by atoms with Crippen LogP contribution in [-0.2, 0) is 4.79 Å². The smallest absolute Gasteiger partial charge is 0.260 e. The third kappa shape index (κ3) is 2.58. The van der Waals surface area contributed by atoms with Gasteiger partial charge in [0.1, 0.15) is 6.10 Å². The summed E-state index contributed by atoms with van der Waals surface area (Å²) in [6.07, 6.45) is 3.61. The number of alkyl halides is 1. The summed E-state index contributed by atoms with van der Waals surface area (Å²) >= 11 is 1.73. The lowest BCUT2D eigenvalue weighted by Crippen LogP contribution is -2.65. The molecular formula is C16H18F2N2O2S. The summed E-state index contributed by atoms with van der Waals surface area (Å²) in [5.41, 5.74) is -1.61. The number of aromatic nitrogens is 1. The Labute approximate surface area is 137 Å². The number of pyridine rings is 1. The van der Waals surface area contributed by atoms with Crippen molar-refractivity contribution in [3.63, 3.8) is 0 Å². The molecule has 1 aromatic rings. The minimum Gasteiger partial charge on any atom is -0.471 e. The lowest BCUT2D eigenvalue weighted by Gasteiger charge is -2.50. The largest absolute Gasteiger partial charge is 0.471 e. The molecule has 23 heavy (non-hydrogen) atoms. The molecule has 7 heteroatoms. The number of ether oxygens (including phenoxy) is 1. The van der Waals surface area contributed by atoms with E-state index in [9.17, 15) is 13.6 Å². The predicted molar refractivity (Wildman–Crippen MR) is 82.7 cm³/mol. The van der Waals surface area contributed by atoms with Crippen molar-refractivity contribution >= 4 is 17.7 Å². The van der Waals surface area contributed by atoms with Crippen LogP contribution in [0.1, 0.15) is 25.7 Å². The predicted octanol–water partition coefficient (Wildman–Crippen LogP) is 2.58. The van der Waals surface area contributed by atoms with Crippen LogP contribution in [0.2, 0.25) is 0 Å². The molecule has 124 valence electrons. The van der Waals surface area contributed by atoms with E-state index in [1.54, 1.807) is 16.7 Å². The van der Waals surface area contributed by atoms with Gasteiger partial charge >= 0.3 is 0 Å². The van der Waals surface area contributed by atoms with E-state index in [4.69, 9.17) is 4.74 Å². The van der Waals surface area contributed by atoms with E-state index in [2.05, 4.69) is 4.98 Å². The molecule has 1 saturated carbocycles. The fourth-order valence-electron chi connectivity index (χ4n) is 3.49. The molecule has 4 nitrogen and oxygen atoms in total. The van der Waals surface area contributed by atoms with E-state index < -0.39 is 11.5 Å². The van der Waals surface area contributed by atoms with Crippen LogP contribution in [0, 0.1) is 5.82 Å². The number of amides is 1. The first kappa shape index (κ1) is 15.2. The maximum atomic E-state index is 14.2. The van der Waals surface area contributed by atoms with Gasteiger partial charge in [0, 0.05) is 31.5 Å². The Morgan fingerprint density at radius 3 is 2.87 bits per heavy atom. The maximum absolute atomic E-state index is 14.2. The molecule has 2 saturated heterocycles. The molecule has 3 fully saturated rings. The van der Waals surface area contributed by atoms with E-state index in [0.29, 0.717) is 25.9 Å². The molecule has 1 aliphatic carbocycles. The summed E-state index contributed by atoms with van der Waals surface area (Å²) in [6, 6.07) is 2.85. The van der Waals surface area contributed by atoms with E-state index in [1.165, 1.54) is 18.3 Å². The fourth-order valence-corrected chi connectivity index (χ4v) is 5.02. The number of hydrogen-bond acceptors (Lipinski definition) is 4. The van der Waals surface area contributed by atoms with Gasteiger partial charge in [-0.15, -0.1) is 11.8 Å². The van der Waals surface area contributed by atoms with Crippen molar-refractivity contribution in [2.45, 2.75) is 42.2 Å². The summed E-state index contributed by atoms with van der Waals surface area (Å²) < 4.78 is 33.4. The van der Waals surface area contributed by atoms with Gasteiger partial charge in [-0.05, 0) is 31.4 Å². The molecule has 1 amide bonds. The molecule has 1 atom stereocenters.